The van der Waals surface area contributed by atoms with Crippen LogP contribution in [0.25, 0.3) is 0 Å². The van der Waals surface area contributed by atoms with Gasteiger partial charge in [-0.2, -0.15) is 4.31 Å². The van der Waals surface area contributed by atoms with Crippen molar-refractivity contribution in [3.63, 3.8) is 0 Å². The molecule has 3 rings (SSSR count). The summed E-state index contributed by atoms with van der Waals surface area (Å²) in [6.07, 6.45) is 1.77. The molecule has 2 aromatic rings. The lowest BCUT2D eigenvalue weighted by atomic mass is 10.0. The Kier molecular flexibility index (Phi) is 7.86. The molecule has 0 aliphatic carbocycles. The highest BCUT2D eigenvalue weighted by atomic mass is 32.2. The number of hydrogen-bond donors (Lipinski definition) is 1. The van der Waals surface area contributed by atoms with Gasteiger partial charge in [-0.15, -0.1) is 0 Å². The van der Waals surface area contributed by atoms with Crippen molar-refractivity contribution in [3.05, 3.63) is 65.2 Å². The molecule has 1 heterocycles. The van der Waals surface area contributed by atoms with E-state index < -0.39 is 10.0 Å². The van der Waals surface area contributed by atoms with E-state index in [1.807, 2.05) is 19.9 Å². The predicted octanol–water partition coefficient (Wildman–Crippen LogP) is 3.42. The van der Waals surface area contributed by atoms with E-state index in [4.69, 9.17) is 0 Å². The van der Waals surface area contributed by atoms with Gasteiger partial charge in [0.2, 0.25) is 10.0 Å². The Hall–Kier alpha value is -2.22. The van der Waals surface area contributed by atoms with Gasteiger partial charge >= 0.3 is 0 Å². The molecule has 2 aromatic carbocycles. The minimum Gasteiger partial charge on any atom is -0.349 e. The van der Waals surface area contributed by atoms with Crippen LogP contribution in [-0.4, -0.2) is 55.8 Å². The monoisotopic (exact) mass is 443 g/mol. The Morgan fingerprint density at radius 2 is 1.71 bits per heavy atom. The average Bonchev–Trinajstić information content (AvgIpc) is 2.76. The van der Waals surface area contributed by atoms with Gasteiger partial charge in [-0.1, -0.05) is 50.2 Å². The molecule has 0 bridgehead atoms. The zero-order valence-corrected chi connectivity index (χ0v) is 19.5. The highest BCUT2D eigenvalue weighted by Crippen LogP contribution is 2.22. The number of rotatable bonds is 8. The Bertz CT molecular complexity index is 980. The van der Waals surface area contributed by atoms with Crippen LogP contribution in [0, 0.1) is 6.92 Å². The quantitative estimate of drug-likeness (QED) is 0.679. The van der Waals surface area contributed by atoms with Crippen LogP contribution in [0.2, 0.25) is 0 Å². The first-order valence-corrected chi connectivity index (χ1v) is 12.5. The van der Waals surface area contributed by atoms with E-state index in [0.29, 0.717) is 24.2 Å². The number of likely N-dealkylation sites (tertiary alicyclic amines) is 1. The van der Waals surface area contributed by atoms with Crippen LogP contribution >= 0.6 is 0 Å². The van der Waals surface area contributed by atoms with Gasteiger partial charge in [0, 0.05) is 44.3 Å². The molecule has 1 aliphatic heterocycles. The standard InChI is InChI=1S/C24H33N3O3S/c1-4-27(5-2)31(29,30)23-17-21(12-11-19(23)3)24(28)25-22-13-15-26(16-14-22)18-20-9-7-6-8-10-20/h6-12,17,22H,4-5,13-16,18H2,1-3H3,(H,25,28). The molecule has 1 N–H and O–H groups in total. The number of aryl methyl sites for hydroxylation is 1. The number of carbonyl (C=O) groups is 1. The average molecular weight is 444 g/mol. The van der Waals surface area contributed by atoms with E-state index in [1.165, 1.54) is 15.9 Å². The van der Waals surface area contributed by atoms with E-state index in [-0.39, 0.29) is 16.8 Å². The van der Waals surface area contributed by atoms with Gasteiger partial charge in [0.15, 0.2) is 0 Å². The number of carbonyl (C=O) groups excluding carboxylic acids is 1. The lowest BCUT2D eigenvalue weighted by molar-refractivity contribution is 0.0908. The maximum absolute atomic E-state index is 13.0. The third-order valence-corrected chi connectivity index (χ3v) is 8.14. The first-order chi connectivity index (χ1) is 14.8. The Labute approximate surface area is 186 Å². The molecule has 0 unspecified atom stereocenters. The summed E-state index contributed by atoms with van der Waals surface area (Å²) in [4.78, 5) is 15.5. The molecular weight excluding hydrogens is 410 g/mol. The van der Waals surface area contributed by atoms with Crippen LogP contribution in [0.4, 0.5) is 0 Å². The van der Waals surface area contributed by atoms with Gasteiger partial charge in [-0.05, 0) is 43.0 Å². The van der Waals surface area contributed by atoms with Gasteiger partial charge in [0.25, 0.3) is 5.91 Å². The van der Waals surface area contributed by atoms with Gasteiger partial charge in [-0.3, -0.25) is 9.69 Å². The predicted molar refractivity (Wildman–Crippen MR) is 123 cm³/mol. The Balaban J connectivity index is 1.62. The van der Waals surface area contributed by atoms with Gasteiger partial charge in [0.05, 0.1) is 4.90 Å². The third-order valence-electron chi connectivity index (χ3n) is 5.95. The number of amides is 1. The maximum Gasteiger partial charge on any atom is 0.251 e. The molecule has 0 atom stereocenters. The molecule has 168 valence electrons. The van der Waals surface area contributed by atoms with Crippen LogP contribution in [0.15, 0.2) is 53.4 Å². The molecule has 0 saturated carbocycles. The normalized spacial score (nSPS) is 15.9. The highest BCUT2D eigenvalue weighted by Gasteiger charge is 2.26. The smallest absolute Gasteiger partial charge is 0.251 e. The summed E-state index contributed by atoms with van der Waals surface area (Å²) in [7, 11) is -3.61. The first kappa shape index (κ1) is 23.4. The number of nitrogens with one attached hydrogen (secondary N) is 1. The van der Waals surface area contributed by atoms with Crippen molar-refractivity contribution in [1.29, 1.82) is 0 Å². The number of nitrogens with zero attached hydrogens (tertiary/aromatic N) is 2. The number of sulfonamides is 1. The number of piperidine rings is 1. The van der Waals surface area contributed by atoms with Crippen molar-refractivity contribution in [2.75, 3.05) is 26.2 Å². The van der Waals surface area contributed by atoms with E-state index >= 15 is 0 Å². The molecule has 31 heavy (non-hydrogen) atoms. The lowest BCUT2D eigenvalue weighted by Gasteiger charge is -2.32. The zero-order chi connectivity index (χ0) is 22.4. The molecule has 1 aliphatic rings. The van der Waals surface area contributed by atoms with Crippen LogP contribution < -0.4 is 5.32 Å². The number of benzene rings is 2. The van der Waals surface area contributed by atoms with Crippen LogP contribution in [0.5, 0.6) is 0 Å². The maximum atomic E-state index is 13.0. The molecule has 0 spiro atoms. The largest absolute Gasteiger partial charge is 0.349 e. The minimum absolute atomic E-state index is 0.101. The third kappa shape index (κ3) is 5.73. The Morgan fingerprint density at radius 3 is 2.32 bits per heavy atom. The second-order valence-corrected chi connectivity index (χ2v) is 9.99. The molecule has 6 nitrogen and oxygen atoms in total. The topological polar surface area (TPSA) is 69.7 Å². The van der Waals surface area contributed by atoms with Crippen molar-refractivity contribution in [2.24, 2.45) is 0 Å². The second-order valence-electron chi connectivity index (χ2n) is 8.08. The Morgan fingerprint density at radius 1 is 1.06 bits per heavy atom. The number of hydrogen-bond acceptors (Lipinski definition) is 4. The van der Waals surface area contributed by atoms with E-state index in [1.54, 1.807) is 19.1 Å². The molecule has 1 saturated heterocycles. The summed E-state index contributed by atoms with van der Waals surface area (Å²) < 4.78 is 27.3. The summed E-state index contributed by atoms with van der Waals surface area (Å²) in [5.74, 6) is -0.211. The van der Waals surface area contributed by atoms with Crippen molar-refractivity contribution >= 4 is 15.9 Å². The first-order valence-electron chi connectivity index (χ1n) is 11.0. The minimum atomic E-state index is -3.61. The van der Waals surface area contributed by atoms with Gasteiger partial charge in [-0.25, -0.2) is 8.42 Å². The van der Waals surface area contributed by atoms with Gasteiger partial charge in [0.1, 0.15) is 0 Å². The summed E-state index contributed by atoms with van der Waals surface area (Å²) >= 11 is 0. The summed E-state index contributed by atoms with van der Waals surface area (Å²) in [5, 5.41) is 3.10. The molecule has 1 fully saturated rings. The van der Waals surface area contributed by atoms with E-state index in [0.717, 1.165) is 32.5 Å². The molecule has 0 radical (unpaired) electrons. The fourth-order valence-corrected chi connectivity index (χ4v) is 5.78. The zero-order valence-electron chi connectivity index (χ0n) is 18.7. The SMILES string of the molecule is CCN(CC)S(=O)(=O)c1cc(C(=O)NC2CCN(Cc3ccccc3)CC2)ccc1C. The van der Waals surface area contributed by atoms with Crippen molar-refractivity contribution in [1.82, 2.24) is 14.5 Å². The summed E-state index contributed by atoms with van der Waals surface area (Å²) in [6.45, 7) is 8.97. The highest BCUT2D eigenvalue weighted by molar-refractivity contribution is 7.89. The van der Waals surface area contributed by atoms with E-state index in [9.17, 15) is 13.2 Å². The molecule has 1 amide bonds. The van der Waals surface area contributed by atoms with Crippen molar-refractivity contribution < 1.29 is 13.2 Å². The van der Waals surface area contributed by atoms with Crippen LogP contribution in [-0.2, 0) is 16.6 Å². The summed E-state index contributed by atoms with van der Waals surface area (Å²) in [6, 6.07) is 15.4. The summed E-state index contributed by atoms with van der Waals surface area (Å²) in [5.41, 5.74) is 2.34. The molecule has 0 aromatic heterocycles. The molecule has 7 heteroatoms. The van der Waals surface area contributed by atoms with Gasteiger partial charge < -0.3 is 5.32 Å². The molecular formula is C24H33N3O3S. The van der Waals surface area contributed by atoms with Crippen molar-refractivity contribution in [3.8, 4) is 0 Å². The van der Waals surface area contributed by atoms with Crippen LogP contribution in [0.1, 0.15) is 48.2 Å². The fourth-order valence-electron chi connectivity index (χ4n) is 4.07. The van der Waals surface area contributed by atoms with Crippen LogP contribution in [0.3, 0.4) is 0 Å². The second kappa shape index (κ2) is 10.4. The van der Waals surface area contributed by atoms with Crippen molar-refractivity contribution in [2.45, 2.75) is 51.1 Å². The van der Waals surface area contributed by atoms with E-state index in [2.05, 4.69) is 34.5 Å². The lowest BCUT2D eigenvalue weighted by Crippen LogP contribution is -2.44. The fraction of sp³-hybridized carbons (Fsp3) is 0.458.